The van der Waals surface area contributed by atoms with Crippen LogP contribution in [0.4, 0.5) is 4.79 Å². The fraction of sp³-hybridized carbons (Fsp3) is 0.550. The summed E-state index contributed by atoms with van der Waals surface area (Å²) in [5, 5.41) is 2.87. The molecule has 8 nitrogen and oxygen atoms in total. The highest BCUT2D eigenvalue weighted by molar-refractivity contribution is 5.96. The Bertz CT molecular complexity index is 689. The van der Waals surface area contributed by atoms with Gasteiger partial charge in [-0.2, -0.15) is 0 Å². The first-order valence-electron chi connectivity index (χ1n) is 9.36. The minimum Gasteiger partial charge on any atom is -0.465 e. The van der Waals surface area contributed by atoms with Crippen LogP contribution in [0.5, 0.6) is 0 Å². The predicted octanol–water partition coefficient (Wildman–Crippen LogP) is 1.76. The average Bonchev–Trinajstić information content (AvgIpc) is 2.66. The zero-order chi connectivity index (χ0) is 20.7. The van der Waals surface area contributed by atoms with Gasteiger partial charge in [0.25, 0.3) is 5.91 Å². The molecule has 0 atom stereocenters. The first-order chi connectivity index (χ1) is 13.2. The molecule has 0 aliphatic carbocycles. The van der Waals surface area contributed by atoms with Crippen LogP contribution in [-0.2, 0) is 9.47 Å². The summed E-state index contributed by atoms with van der Waals surface area (Å²) in [6.45, 7) is 9.46. The smallest absolute Gasteiger partial charge is 0.410 e. The molecular weight excluding hydrogens is 362 g/mol. The molecule has 8 heteroatoms. The molecule has 0 bridgehead atoms. The third-order valence-electron chi connectivity index (χ3n) is 4.31. The van der Waals surface area contributed by atoms with Crippen molar-refractivity contribution in [3.63, 3.8) is 0 Å². The van der Waals surface area contributed by atoms with Crippen molar-refractivity contribution in [2.24, 2.45) is 0 Å². The Morgan fingerprint density at radius 1 is 1.00 bits per heavy atom. The number of nitrogens with zero attached hydrogens (tertiary/aromatic N) is 2. The summed E-state index contributed by atoms with van der Waals surface area (Å²) in [6.07, 6.45) is -0.282. The van der Waals surface area contributed by atoms with Crippen LogP contribution in [0.1, 0.15) is 41.5 Å². The number of benzene rings is 1. The van der Waals surface area contributed by atoms with E-state index in [9.17, 15) is 14.4 Å². The van der Waals surface area contributed by atoms with Crippen molar-refractivity contribution in [3.05, 3.63) is 35.4 Å². The standard InChI is InChI=1S/C20H29N3O5/c1-20(2,3)28-19(26)23-13-11-22(12-14-23)10-9-21-17(24)15-5-7-16(8-6-15)18(25)27-4/h5-8H,9-14H2,1-4H3,(H,21,24). The molecule has 0 saturated carbocycles. The average molecular weight is 391 g/mol. The highest BCUT2D eigenvalue weighted by atomic mass is 16.6. The minimum absolute atomic E-state index is 0.191. The summed E-state index contributed by atoms with van der Waals surface area (Å²) in [6, 6.07) is 6.33. The molecule has 1 aromatic rings. The topological polar surface area (TPSA) is 88.2 Å². The van der Waals surface area contributed by atoms with Gasteiger partial charge >= 0.3 is 12.1 Å². The monoisotopic (exact) mass is 391 g/mol. The lowest BCUT2D eigenvalue weighted by molar-refractivity contribution is 0.0146. The molecule has 0 unspecified atom stereocenters. The van der Waals surface area contributed by atoms with Gasteiger partial charge < -0.3 is 19.7 Å². The highest BCUT2D eigenvalue weighted by Gasteiger charge is 2.25. The second-order valence-electron chi connectivity index (χ2n) is 7.63. The van der Waals surface area contributed by atoms with E-state index >= 15 is 0 Å². The molecule has 0 radical (unpaired) electrons. The van der Waals surface area contributed by atoms with E-state index < -0.39 is 11.6 Å². The number of ether oxygens (including phenoxy) is 2. The van der Waals surface area contributed by atoms with Crippen LogP contribution in [0.2, 0.25) is 0 Å². The number of esters is 1. The van der Waals surface area contributed by atoms with Crippen LogP contribution in [0.25, 0.3) is 0 Å². The molecule has 154 valence electrons. The van der Waals surface area contributed by atoms with Crippen LogP contribution in [0.15, 0.2) is 24.3 Å². The first-order valence-corrected chi connectivity index (χ1v) is 9.36. The number of hydrogen-bond acceptors (Lipinski definition) is 6. The Morgan fingerprint density at radius 3 is 2.11 bits per heavy atom. The Morgan fingerprint density at radius 2 is 1.57 bits per heavy atom. The van der Waals surface area contributed by atoms with Crippen LogP contribution < -0.4 is 5.32 Å². The van der Waals surface area contributed by atoms with Gasteiger partial charge in [0.15, 0.2) is 0 Å². The summed E-state index contributed by atoms with van der Waals surface area (Å²) in [5.74, 6) is -0.624. The lowest BCUT2D eigenvalue weighted by Gasteiger charge is -2.35. The van der Waals surface area contributed by atoms with Gasteiger partial charge in [-0.3, -0.25) is 9.69 Å². The van der Waals surface area contributed by atoms with E-state index in [1.165, 1.54) is 7.11 Å². The summed E-state index contributed by atoms with van der Waals surface area (Å²) in [7, 11) is 1.32. The van der Waals surface area contributed by atoms with Crippen LogP contribution >= 0.6 is 0 Å². The Kier molecular flexibility index (Phi) is 7.39. The van der Waals surface area contributed by atoms with Gasteiger partial charge in [0.2, 0.25) is 0 Å². The lowest BCUT2D eigenvalue weighted by Crippen LogP contribution is -2.51. The van der Waals surface area contributed by atoms with Crippen molar-refractivity contribution in [1.82, 2.24) is 15.1 Å². The maximum Gasteiger partial charge on any atom is 0.410 e. The fourth-order valence-electron chi connectivity index (χ4n) is 2.79. The summed E-state index contributed by atoms with van der Waals surface area (Å²) >= 11 is 0. The van der Waals surface area contributed by atoms with Crippen molar-refractivity contribution in [2.45, 2.75) is 26.4 Å². The van der Waals surface area contributed by atoms with Crippen molar-refractivity contribution in [3.8, 4) is 0 Å². The van der Waals surface area contributed by atoms with E-state index in [1.807, 2.05) is 20.8 Å². The van der Waals surface area contributed by atoms with E-state index in [0.29, 0.717) is 37.3 Å². The highest BCUT2D eigenvalue weighted by Crippen LogP contribution is 2.11. The first kappa shape index (κ1) is 21.7. The molecule has 0 aromatic heterocycles. The predicted molar refractivity (Wildman–Crippen MR) is 104 cm³/mol. The molecule has 0 spiro atoms. The number of rotatable bonds is 5. The van der Waals surface area contributed by atoms with Gasteiger partial charge in [-0.15, -0.1) is 0 Å². The van der Waals surface area contributed by atoms with Gasteiger partial charge in [-0.05, 0) is 45.0 Å². The molecule has 1 aliphatic rings. The Balaban J connectivity index is 1.71. The quantitative estimate of drug-likeness (QED) is 0.770. The van der Waals surface area contributed by atoms with Gasteiger partial charge in [-0.25, -0.2) is 9.59 Å². The molecule has 1 aromatic carbocycles. The number of amides is 2. The van der Waals surface area contributed by atoms with E-state index in [2.05, 4.69) is 15.0 Å². The number of piperazine rings is 1. The molecule has 1 fully saturated rings. The van der Waals surface area contributed by atoms with Gasteiger partial charge in [-0.1, -0.05) is 0 Å². The number of carbonyl (C=O) groups excluding carboxylic acids is 3. The number of carbonyl (C=O) groups is 3. The van der Waals surface area contributed by atoms with Gasteiger partial charge in [0.1, 0.15) is 5.60 Å². The van der Waals surface area contributed by atoms with E-state index in [1.54, 1.807) is 29.2 Å². The minimum atomic E-state index is -0.493. The van der Waals surface area contributed by atoms with Crippen molar-refractivity contribution >= 4 is 18.0 Å². The maximum atomic E-state index is 12.2. The molecule has 1 saturated heterocycles. The van der Waals surface area contributed by atoms with Crippen LogP contribution in [0, 0.1) is 0 Å². The summed E-state index contributed by atoms with van der Waals surface area (Å²) < 4.78 is 10.0. The third kappa shape index (κ3) is 6.53. The zero-order valence-corrected chi connectivity index (χ0v) is 17.0. The molecule has 1 N–H and O–H groups in total. The number of nitrogens with one attached hydrogen (secondary N) is 1. The summed E-state index contributed by atoms with van der Waals surface area (Å²) in [5.41, 5.74) is 0.400. The Hall–Kier alpha value is -2.61. The second-order valence-corrected chi connectivity index (χ2v) is 7.63. The van der Waals surface area contributed by atoms with E-state index in [-0.39, 0.29) is 12.0 Å². The molecule has 28 heavy (non-hydrogen) atoms. The number of methoxy groups -OCH3 is 1. The molecule has 1 heterocycles. The van der Waals surface area contributed by atoms with Crippen molar-refractivity contribution < 1.29 is 23.9 Å². The van der Waals surface area contributed by atoms with Crippen LogP contribution in [-0.4, -0.2) is 79.7 Å². The normalized spacial score (nSPS) is 15.1. The maximum absolute atomic E-state index is 12.2. The Labute approximate surface area is 165 Å². The number of hydrogen-bond donors (Lipinski definition) is 1. The fourth-order valence-corrected chi connectivity index (χ4v) is 2.79. The van der Waals surface area contributed by atoms with Gasteiger partial charge in [0, 0.05) is 44.8 Å². The third-order valence-corrected chi connectivity index (χ3v) is 4.31. The summed E-state index contributed by atoms with van der Waals surface area (Å²) in [4.78, 5) is 39.6. The SMILES string of the molecule is COC(=O)c1ccc(C(=O)NCCN2CCN(C(=O)OC(C)(C)C)CC2)cc1. The molecular formula is C20H29N3O5. The second kappa shape index (κ2) is 9.54. The van der Waals surface area contributed by atoms with Crippen LogP contribution in [0.3, 0.4) is 0 Å². The zero-order valence-electron chi connectivity index (χ0n) is 17.0. The lowest BCUT2D eigenvalue weighted by atomic mass is 10.1. The van der Waals surface area contributed by atoms with E-state index in [4.69, 9.17) is 4.74 Å². The molecule has 2 rings (SSSR count). The van der Waals surface area contributed by atoms with Crippen molar-refractivity contribution in [1.29, 1.82) is 0 Å². The largest absolute Gasteiger partial charge is 0.465 e. The van der Waals surface area contributed by atoms with E-state index in [0.717, 1.165) is 13.1 Å². The molecule has 1 aliphatic heterocycles. The van der Waals surface area contributed by atoms with Gasteiger partial charge in [0.05, 0.1) is 12.7 Å². The molecule has 2 amide bonds. The van der Waals surface area contributed by atoms with Crippen molar-refractivity contribution in [2.75, 3.05) is 46.4 Å².